The lowest BCUT2D eigenvalue weighted by molar-refractivity contribution is 0.450. The van der Waals surface area contributed by atoms with Crippen LogP contribution in [0.25, 0.3) is 0 Å². The highest BCUT2D eigenvalue weighted by molar-refractivity contribution is 5.11. The van der Waals surface area contributed by atoms with Crippen molar-refractivity contribution in [3.63, 3.8) is 0 Å². The summed E-state index contributed by atoms with van der Waals surface area (Å²) in [6.45, 7) is 6.32. The van der Waals surface area contributed by atoms with Crippen LogP contribution in [0.1, 0.15) is 38.4 Å². The number of aromatic nitrogens is 2. The Bertz CT molecular complexity index is 288. The Labute approximate surface area is 85.5 Å². The molecular formula is C11H19N3. The van der Waals surface area contributed by atoms with E-state index in [0.717, 1.165) is 19.0 Å². The lowest BCUT2D eigenvalue weighted by Gasteiger charge is -2.18. The van der Waals surface area contributed by atoms with Crippen LogP contribution in [0.2, 0.25) is 0 Å². The zero-order chi connectivity index (χ0) is 9.97. The molecule has 1 saturated carbocycles. The highest BCUT2D eigenvalue weighted by Gasteiger charge is 2.33. The van der Waals surface area contributed by atoms with Crippen LogP contribution in [0.5, 0.6) is 0 Å². The molecule has 1 aromatic heterocycles. The van der Waals surface area contributed by atoms with Gasteiger partial charge in [-0.1, -0.05) is 6.92 Å². The Morgan fingerprint density at radius 1 is 1.57 bits per heavy atom. The first-order valence-corrected chi connectivity index (χ1v) is 5.61. The van der Waals surface area contributed by atoms with E-state index in [1.807, 2.05) is 6.20 Å². The van der Waals surface area contributed by atoms with Gasteiger partial charge in [-0.3, -0.25) is 4.68 Å². The molecule has 0 spiro atoms. The molecule has 1 atom stereocenters. The van der Waals surface area contributed by atoms with Gasteiger partial charge in [0.1, 0.15) is 0 Å². The van der Waals surface area contributed by atoms with Gasteiger partial charge in [-0.2, -0.15) is 5.10 Å². The Balaban J connectivity index is 2.16. The van der Waals surface area contributed by atoms with Crippen molar-refractivity contribution in [1.82, 2.24) is 15.1 Å². The van der Waals surface area contributed by atoms with Gasteiger partial charge < -0.3 is 5.32 Å². The zero-order valence-electron chi connectivity index (χ0n) is 9.03. The first kappa shape index (κ1) is 9.71. The van der Waals surface area contributed by atoms with Gasteiger partial charge >= 0.3 is 0 Å². The molecule has 1 aromatic rings. The molecule has 0 saturated heterocycles. The van der Waals surface area contributed by atoms with Crippen molar-refractivity contribution >= 4 is 0 Å². The second-order valence-corrected chi connectivity index (χ2v) is 3.94. The molecule has 3 heteroatoms. The molecule has 1 N–H and O–H groups in total. The van der Waals surface area contributed by atoms with E-state index in [9.17, 15) is 0 Å². The van der Waals surface area contributed by atoms with Crippen LogP contribution in [-0.4, -0.2) is 16.3 Å². The van der Waals surface area contributed by atoms with Crippen molar-refractivity contribution in [2.75, 3.05) is 6.54 Å². The van der Waals surface area contributed by atoms with E-state index in [1.54, 1.807) is 0 Å². The Morgan fingerprint density at radius 3 is 2.93 bits per heavy atom. The highest BCUT2D eigenvalue weighted by Crippen LogP contribution is 2.40. The Hall–Kier alpha value is -0.830. The smallest absolute Gasteiger partial charge is 0.0556 e. The molecule has 1 unspecified atom stereocenters. The summed E-state index contributed by atoms with van der Waals surface area (Å²) in [4.78, 5) is 0. The molecule has 14 heavy (non-hydrogen) atoms. The fourth-order valence-electron chi connectivity index (χ4n) is 2.03. The summed E-state index contributed by atoms with van der Waals surface area (Å²) in [5.74, 6) is 0.844. The molecule has 1 fully saturated rings. The largest absolute Gasteiger partial charge is 0.309 e. The molecule has 78 valence electrons. The van der Waals surface area contributed by atoms with Crippen LogP contribution >= 0.6 is 0 Å². The topological polar surface area (TPSA) is 29.9 Å². The van der Waals surface area contributed by atoms with E-state index in [-0.39, 0.29) is 0 Å². The third kappa shape index (κ3) is 1.82. The summed E-state index contributed by atoms with van der Waals surface area (Å²) >= 11 is 0. The molecule has 3 nitrogen and oxygen atoms in total. The SMILES string of the molecule is CCNC(c1ccnn1CC)C1CC1. The third-order valence-corrected chi connectivity index (χ3v) is 2.89. The average molecular weight is 193 g/mol. The van der Waals surface area contributed by atoms with Crippen LogP contribution in [0.15, 0.2) is 12.3 Å². The fourth-order valence-corrected chi connectivity index (χ4v) is 2.03. The van der Waals surface area contributed by atoms with Gasteiger partial charge in [0, 0.05) is 12.7 Å². The van der Waals surface area contributed by atoms with Crippen LogP contribution < -0.4 is 5.32 Å². The summed E-state index contributed by atoms with van der Waals surface area (Å²) < 4.78 is 2.10. The molecule has 1 aliphatic rings. The minimum absolute atomic E-state index is 0.530. The normalized spacial score (nSPS) is 18.4. The predicted molar refractivity (Wildman–Crippen MR) is 57.0 cm³/mol. The lowest BCUT2D eigenvalue weighted by Crippen LogP contribution is -2.25. The lowest BCUT2D eigenvalue weighted by atomic mass is 10.1. The quantitative estimate of drug-likeness (QED) is 0.774. The molecule has 1 heterocycles. The summed E-state index contributed by atoms with van der Waals surface area (Å²) in [6.07, 6.45) is 4.64. The molecule has 0 aromatic carbocycles. The molecule has 0 bridgehead atoms. The molecule has 0 radical (unpaired) electrons. The summed E-state index contributed by atoms with van der Waals surface area (Å²) in [5, 5.41) is 7.89. The van der Waals surface area contributed by atoms with Gasteiger partial charge in [0.15, 0.2) is 0 Å². The first-order chi connectivity index (χ1) is 6.86. The molecular weight excluding hydrogens is 174 g/mol. The second-order valence-electron chi connectivity index (χ2n) is 3.94. The summed E-state index contributed by atoms with van der Waals surface area (Å²) in [7, 11) is 0. The molecule has 1 aliphatic carbocycles. The number of rotatable bonds is 5. The molecule has 0 amide bonds. The Kier molecular flexibility index (Phi) is 2.87. The van der Waals surface area contributed by atoms with E-state index in [2.05, 4.69) is 35.0 Å². The van der Waals surface area contributed by atoms with Gasteiger partial charge in [0.2, 0.25) is 0 Å². The van der Waals surface area contributed by atoms with Crippen molar-refractivity contribution in [2.45, 2.75) is 39.3 Å². The number of hydrogen-bond acceptors (Lipinski definition) is 2. The van der Waals surface area contributed by atoms with Crippen molar-refractivity contribution in [3.8, 4) is 0 Å². The average Bonchev–Trinajstić information content (AvgIpc) is 2.92. The number of aryl methyl sites for hydroxylation is 1. The number of nitrogens with zero attached hydrogens (tertiary/aromatic N) is 2. The van der Waals surface area contributed by atoms with Crippen molar-refractivity contribution in [1.29, 1.82) is 0 Å². The summed E-state index contributed by atoms with van der Waals surface area (Å²) in [6, 6.07) is 2.68. The maximum atomic E-state index is 4.32. The third-order valence-electron chi connectivity index (χ3n) is 2.89. The van der Waals surface area contributed by atoms with Gasteiger partial charge in [-0.05, 0) is 38.3 Å². The van der Waals surface area contributed by atoms with Crippen molar-refractivity contribution < 1.29 is 0 Å². The standard InChI is InChI=1S/C11H19N3/c1-3-12-11(9-5-6-9)10-7-8-13-14(10)4-2/h7-9,11-12H,3-6H2,1-2H3. The molecule has 0 aliphatic heterocycles. The molecule has 2 rings (SSSR count). The first-order valence-electron chi connectivity index (χ1n) is 5.61. The van der Waals surface area contributed by atoms with Gasteiger partial charge in [0.25, 0.3) is 0 Å². The van der Waals surface area contributed by atoms with Crippen LogP contribution in [0, 0.1) is 5.92 Å². The van der Waals surface area contributed by atoms with Crippen LogP contribution in [0.3, 0.4) is 0 Å². The second kappa shape index (κ2) is 4.13. The summed E-state index contributed by atoms with van der Waals surface area (Å²) in [5.41, 5.74) is 1.36. The maximum Gasteiger partial charge on any atom is 0.0556 e. The fraction of sp³-hybridized carbons (Fsp3) is 0.727. The van der Waals surface area contributed by atoms with Gasteiger partial charge in [0.05, 0.1) is 11.7 Å². The minimum atomic E-state index is 0.530. The number of nitrogens with one attached hydrogen (secondary N) is 1. The Morgan fingerprint density at radius 2 is 2.36 bits per heavy atom. The number of hydrogen-bond donors (Lipinski definition) is 1. The predicted octanol–water partition coefficient (Wildman–Crippen LogP) is 1.96. The van der Waals surface area contributed by atoms with E-state index in [1.165, 1.54) is 18.5 Å². The van der Waals surface area contributed by atoms with Crippen LogP contribution in [-0.2, 0) is 6.54 Å². The maximum absolute atomic E-state index is 4.32. The van der Waals surface area contributed by atoms with Crippen molar-refractivity contribution in [3.05, 3.63) is 18.0 Å². The van der Waals surface area contributed by atoms with Crippen molar-refractivity contribution in [2.24, 2.45) is 5.92 Å². The van der Waals surface area contributed by atoms with E-state index < -0.39 is 0 Å². The van der Waals surface area contributed by atoms with Gasteiger partial charge in [-0.25, -0.2) is 0 Å². The highest BCUT2D eigenvalue weighted by atomic mass is 15.3. The van der Waals surface area contributed by atoms with E-state index in [4.69, 9.17) is 0 Å². The monoisotopic (exact) mass is 193 g/mol. The van der Waals surface area contributed by atoms with Crippen LogP contribution in [0.4, 0.5) is 0 Å². The zero-order valence-corrected chi connectivity index (χ0v) is 9.03. The minimum Gasteiger partial charge on any atom is -0.309 e. The van der Waals surface area contributed by atoms with E-state index >= 15 is 0 Å². The van der Waals surface area contributed by atoms with Gasteiger partial charge in [-0.15, -0.1) is 0 Å². The van der Waals surface area contributed by atoms with E-state index in [0.29, 0.717) is 6.04 Å².